The molecule has 144 valence electrons. The minimum Gasteiger partial charge on any atom is -0.486 e. The molecule has 3 heterocycles. The predicted molar refractivity (Wildman–Crippen MR) is 93.9 cm³/mol. The number of hydrogen-bond acceptors (Lipinski definition) is 6. The van der Waals surface area contributed by atoms with E-state index in [0.29, 0.717) is 43.4 Å². The summed E-state index contributed by atoms with van der Waals surface area (Å²) in [4.78, 5) is 8.99. The molecule has 0 aliphatic carbocycles. The van der Waals surface area contributed by atoms with Gasteiger partial charge in [-0.15, -0.1) is 0 Å². The van der Waals surface area contributed by atoms with Gasteiger partial charge in [-0.05, 0) is 19.4 Å². The SMILES string of the molecule is CCc1nc(C)nc(NCc2cccc3c2OCC3(F)F)c1C1OCCO1. The zero-order chi connectivity index (χ0) is 19.0. The summed E-state index contributed by atoms with van der Waals surface area (Å²) in [5.74, 6) is -1.50. The molecule has 1 fully saturated rings. The fraction of sp³-hybridized carbons (Fsp3) is 0.474. The lowest BCUT2D eigenvalue weighted by molar-refractivity contribution is -0.0446. The molecule has 2 aromatic rings. The highest BCUT2D eigenvalue weighted by Crippen LogP contribution is 2.43. The van der Waals surface area contributed by atoms with Crippen LogP contribution in [0.1, 0.15) is 41.4 Å². The number of anilines is 1. The lowest BCUT2D eigenvalue weighted by Crippen LogP contribution is -2.14. The van der Waals surface area contributed by atoms with Gasteiger partial charge in [0.05, 0.1) is 30.0 Å². The first-order valence-corrected chi connectivity index (χ1v) is 8.97. The number of halogens is 2. The maximum absolute atomic E-state index is 13.9. The Balaban J connectivity index is 1.64. The zero-order valence-electron chi connectivity index (χ0n) is 15.2. The molecule has 0 amide bonds. The Morgan fingerprint density at radius 1 is 1.22 bits per heavy atom. The summed E-state index contributed by atoms with van der Waals surface area (Å²) < 4.78 is 44.4. The lowest BCUT2D eigenvalue weighted by atomic mass is 10.1. The Morgan fingerprint density at radius 2 is 2.00 bits per heavy atom. The Morgan fingerprint density at radius 3 is 2.74 bits per heavy atom. The van der Waals surface area contributed by atoms with Crippen LogP contribution in [0.5, 0.6) is 5.75 Å². The molecule has 2 aliphatic heterocycles. The number of nitrogens with zero attached hydrogens (tertiary/aromatic N) is 2. The molecule has 2 aliphatic rings. The summed E-state index contributed by atoms with van der Waals surface area (Å²) in [6.45, 7) is 4.50. The highest BCUT2D eigenvalue weighted by molar-refractivity contribution is 5.52. The maximum atomic E-state index is 13.9. The third-order valence-electron chi connectivity index (χ3n) is 4.66. The highest BCUT2D eigenvalue weighted by atomic mass is 19.3. The third kappa shape index (κ3) is 3.35. The van der Waals surface area contributed by atoms with Crippen molar-refractivity contribution >= 4 is 5.82 Å². The second-order valence-corrected chi connectivity index (χ2v) is 6.55. The standard InChI is InChI=1S/C19H21F2N3O3/c1-3-14-15(18-25-7-8-26-18)17(24-11(2)23-14)22-9-12-5-4-6-13-16(12)27-10-19(13,20)21/h4-6,18H,3,7-10H2,1-2H3,(H,22,23,24). The van der Waals surface area contributed by atoms with Crippen molar-refractivity contribution in [2.45, 2.75) is 39.0 Å². The molecule has 0 unspecified atom stereocenters. The van der Waals surface area contributed by atoms with E-state index in [-0.39, 0.29) is 11.3 Å². The Bertz CT molecular complexity index is 854. The predicted octanol–water partition coefficient (Wildman–Crippen LogP) is 3.49. The van der Waals surface area contributed by atoms with E-state index in [1.807, 2.05) is 13.8 Å². The molecule has 0 spiro atoms. The maximum Gasteiger partial charge on any atom is 0.310 e. The van der Waals surface area contributed by atoms with Crippen molar-refractivity contribution in [3.8, 4) is 5.75 Å². The number of hydrogen-bond donors (Lipinski definition) is 1. The van der Waals surface area contributed by atoms with Crippen LogP contribution < -0.4 is 10.1 Å². The number of rotatable bonds is 5. The molecule has 1 N–H and O–H groups in total. The van der Waals surface area contributed by atoms with Crippen LogP contribution in [0.4, 0.5) is 14.6 Å². The van der Waals surface area contributed by atoms with Crippen molar-refractivity contribution in [1.29, 1.82) is 0 Å². The number of fused-ring (bicyclic) bond motifs is 1. The first-order chi connectivity index (χ1) is 13.0. The smallest absolute Gasteiger partial charge is 0.310 e. The molecular formula is C19H21F2N3O3. The summed E-state index contributed by atoms with van der Waals surface area (Å²) in [5.41, 5.74) is 2.19. The Labute approximate surface area is 155 Å². The van der Waals surface area contributed by atoms with Gasteiger partial charge in [0.15, 0.2) is 12.9 Å². The van der Waals surface area contributed by atoms with Gasteiger partial charge in [0.2, 0.25) is 0 Å². The fourth-order valence-corrected chi connectivity index (χ4v) is 3.42. The van der Waals surface area contributed by atoms with Gasteiger partial charge >= 0.3 is 5.92 Å². The van der Waals surface area contributed by atoms with Gasteiger partial charge in [0.1, 0.15) is 17.4 Å². The summed E-state index contributed by atoms with van der Waals surface area (Å²) in [5, 5.41) is 3.24. The second-order valence-electron chi connectivity index (χ2n) is 6.55. The van der Waals surface area contributed by atoms with Crippen LogP contribution in [-0.4, -0.2) is 29.8 Å². The number of nitrogens with one attached hydrogen (secondary N) is 1. The van der Waals surface area contributed by atoms with E-state index in [2.05, 4.69) is 15.3 Å². The molecule has 0 bridgehead atoms. The van der Waals surface area contributed by atoms with E-state index < -0.39 is 18.8 Å². The van der Waals surface area contributed by atoms with Crippen LogP contribution in [0.3, 0.4) is 0 Å². The first-order valence-electron chi connectivity index (χ1n) is 8.97. The van der Waals surface area contributed by atoms with Crippen molar-refractivity contribution in [2.24, 2.45) is 0 Å². The third-order valence-corrected chi connectivity index (χ3v) is 4.66. The number of aryl methyl sites for hydroxylation is 2. The summed E-state index contributed by atoms with van der Waals surface area (Å²) in [6, 6.07) is 4.79. The fourth-order valence-electron chi connectivity index (χ4n) is 3.42. The number of benzene rings is 1. The summed E-state index contributed by atoms with van der Waals surface area (Å²) >= 11 is 0. The Hall–Kier alpha value is -2.32. The van der Waals surface area contributed by atoms with E-state index in [1.165, 1.54) is 6.07 Å². The highest BCUT2D eigenvalue weighted by Gasteiger charge is 2.42. The molecular weight excluding hydrogens is 356 g/mol. The van der Waals surface area contributed by atoms with E-state index in [9.17, 15) is 8.78 Å². The van der Waals surface area contributed by atoms with Crippen molar-refractivity contribution in [3.05, 3.63) is 46.4 Å². The minimum absolute atomic E-state index is 0.0717. The minimum atomic E-state index is -2.96. The van der Waals surface area contributed by atoms with Gasteiger partial charge in [-0.3, -0.25) is 0 Å². The molecule has 0 atom stereocenters. The molecule has 1 aromatic carbocycles. The molecule has 6 nitrogen and oxygen atoms in total. The average Bonchev–Trinajstić information content (AvgIpc) is 3.28. The molecule has 4 rings (SSSR count). The number of alkyl halides is 2. The van der Waals surface area contributed by atoms with Crippen molar-refractivity contribution in [2.75, 3.05) is 25.1 Å². The first kappa shape index (κ1) is 18.1. The topological polar surface area (TPSA) is 65.5 Å². The molecule has 27 heavy (non-hydrogen) atoms. The normalized spacial score (nSPS) is 18.4. The van der Waals surface area contributed by atoms with Gasteiger partial charge in [-0.2, -0.15) is 8.78 Å². The molecule has 0 radical (unpaired) electrons. The molecule has 8 heteroatoms. The summed E-state index contributed by atoms with van der Waals surface area (Å²) in [7, 11) is 0. The van der Waals surface area contributed by atoms with Gasteiger partial charge in [-0.1, -0.05) is 19.1 Å². The zero-order valence-corrected chi connectivity index (χ0v) is 15.2. The number of para-hydroxylation sites is 1. The quantitative estimate of drug-likeness (QED) is 0.861. The lowest BCUT2D eigenvalue weighted by Gasteiger charge is -2.19. The van der Waals surface area contributed by atoms with E-state index >= 15 is 0 Å². The summed E-state index contributed by atoms with van der Waals surface area (Å²) in [6.07, 6.45) is 0.178. The molecule has 1 aromatic heterocycles. The number of ether oxygens (including phenoxy) is 3. The Kier molecular flexibility index (Phi) is 4.69. The van der Waals surface area contributed by atoms with Crippen molar-refractivity contribution in [1.82, 2.24) is 9.97 Å². The molecule has 0 saturated carbocycles. The van der Waals surface area contributed by atoms with E-state index in [1.54, 1.807) is 12.1 Å². The van der Waals surface area contributed by atoms with Gasteiger partial charge in [-0.25, -0.2) is 9.97 Å². The van der Waals surface area contributed by atoms with Crippen LogP contribution in [0.15, 0.2) is 18.2 Å². The van der Waals surface area contributed by atoms with E-state index in [4.69, 9.17) is 14.2 Å². The number of aromatic nitrogens is 2. The van der Waals surface area contributed by atoms with E-state index in [0.717, 1.165) is 11.3 Å². The van der Waals surface area contributed by atoms with Gasteiger partial charge < -0.3 is 19.5 Å². The van der Waals surface area contributed by atoms with Crippen LogP contribution in [0.2, 0.25) is 0 Å². The second kappa shape index (κ2) is 7.01. The molecule has 1 saturated heterocycles. The van der Waals surface area contributed by atoms with Gasteiger partial charge in [0, 0.05) is 12.1 Å². The van der Waals surface area contributed by atoms with Gasteiger partial charge in [0.25, 0.3) is 0 Å². The largest absolute Gasteiger partial charge is 0.486 e. The van der Waals surface area contributed by atoms with Crippen molar-refractivity contribution in [3.63, 3.8) is 0 Å². The van der Waals surface area contributed by atoms with Crippen LogP contribution >= 0.6 is 0 Å². The monoisotopic (exact) mass is 377 g/mol. The van der Waals surface area contributed by atoms with Crippen molar-refractivity contribution < 1.29 is 23.0 Å². The van der Waals surface area contributed by atoms with Crippen LogP contribution in [0, 0.1) is 6.92 Å². The average molecular weight is 377 g/mol. The van der Waals surface area contributed by atoms with Crippen LogP contribution in [-0.2, 0) is 28.4 Å². The van der Waals surface area contributed by atoms with Crippen LogP contribution in [0.25, 0.3) is 0 Å².